The maximum absolute atomic E-state index is 12.1. The van der Waals surface area contributed by atoms with Gasteiger partial charge in [0.1, 0.15) is 12.4 Å². The van der Waals surface area contributed by atoms with E-state index in [2.05, 4.69) is 16.1 Å². The highest BCUT2D eigenvalue weighted by Crippen LogP contribution is 2.16. The molecule has 0 aliphatic carbocycles. The van der Waals surface area contributed by atoms with E-state index in [1.165, 1.54) is 6.07 Å². The summed E-state index contributed by atoms with van der Waals surface area (Å²) in [5.41, 5.74) is 2.96. The summed E-state index contributed by atoms with van der Waals surface area (Å²) in [4.78, 5) is 12.1. The van der Waals surface area contributed by atoms with Gasteiger partial charge >= 0.3 is 0 Å². The van der Waals surface area contributed by atoms with Crippen LogP contribution in [0.2, 0.25) is 0 Å². The molecule has 134 valence electrons. The lowest BCUT2D eigenvalue weighted by Crippen LogP contribution is -2.28. The van der Waals surface area contributed by atoms with Gasteiger partial charge < -0.3 is 10.1 Å². The van der Waals surface area contributed by atoms with Crippen molar-refractivity contribution in [1.29, 1.82) is 0 Å². The lowest BCUT2D eigenvalue weighted by molar-refractivity contribution is 0.0947. The summed E-state index contributed by atoms with van der Waals surface area (Å²) in [6, 6.07) is 12.3. The van der Waals surface area contributed by atoms with Crippen molar-refractivity contribution < 1.29 is 17.9 Å². The number of rotatable bonds is 7. The van der Waals surface area contributed by atoms with Crippen molar-refractivity contribution in [2.24, 2.45) is 0 Å². The minimum Gasteiger partial charge on any atom is -0.492 e. The summed E-state index contributed by atoms with van der Waals surface area (Å²) in [6.07, 6.45) is 1.06. The van der Waals surface area contributed by atoms with E-state index in [1.807, 2.05) is 26.0 Å². The van der Waals surface area contributed by atoms with Gasteiger partial charge in [0.15, 0.2) is 0 Å². The Balaban J connectivity index is 1.87. The maximum Gasteiger partial charge on any atom is 0.251 e. The number of benzene rings is 2. The largest absolute Gasteiger partial charge is 0.492 e. The molecule has 0 atom stereocenters. The lowest BCUT2D eigenvalue weighted by Gasteiger charge is -2.10. The molecule has 2 N–H and O–H groups in total. The number of amides is 1. The average Bonchev–Trinajstić information content (AvgIpc) is 2.49. The monoisotopic (exact) mass is 362 g/mol. The van der Waals surface area contributed by atoms with E-state index in [9.17, 15) is 13.2 Å². The molecule has 1 amide bonds. The van der Waals surface area contributed by atoms with E-state index in [0.717, 1.165) is 23.1 Å². The first-order chi connectivity index (χ1) is 11.7. The number of anilines is 1. The maximum atomic E-state index is 12.1. The molecular weight excluding hydrogens is 340 g/mol. The Kier molecular flexibility index (Phi) is 6.03. The third kappa shape index (κ3) is 6.46. The van der Waals surface area contributed by atoms with Crippen LogP contribution in [0, 0.1) is 13.8 Å². The normalized spacial score (nSPS) is 11.0. The average molecular weight is 362 g/mol. The zero-order chi connectivity index (χ0) is 18.4. The molecule has 0 spiro atoms. The molecule has 6 nitrogen and oxygen atoms in total. The van der Waals surface area contributed by atoms with E-state index >= 15 is 0 Å². The fourth-order valence-corrected chi connectivity index (χ4v) is 2.94. The van der Waals surface area contributed by atoms with Gasteiger partial charge in [0.2, 0.25) is 10.0 Å². The van der Waals surface area contributed by atoms with Crippen LogP contribution in [0.3, 0.4) is 0 Å². The highest BCUT2D eigenvalue weighted by molar-refractivity contribution is 7.92. The zero-order valence-corrected chi connectivity index (χ0v) is 15.3. The van der Waals surface area contributed by atoms with Gasteiger partial charge in [0, 0.05) is 11.3 Å². The molecule has 0 saturated heterocycles. The summed E-state index contributed by atoms with van der Waals surface area (Å²) < 4.78 is 30.5. The fraction of sp³-hybridized carbons (Fsp3) is 0.278. The lowest BCUT2D eigenvalue weighted by atomic mass is 10.1. The number of sulfonamides is 1. The molecule has 0 aromatic heterocycles. The third-order valence-electron chi connectivity index (χ3n) is 3.28. The van der Waals surface area contributed by atoms with Crippen molar-refractivity contribution in [3.63, 3.8) is 0 Å². The van der Waals surface area contributed by atoms with Crippen LogP contribution in [0.1, 0.15) is 21.5 Å². The summed E-state index contributed by atoms with van der Waals surface area (Å²) in [5.74, 6) is 0.479. The molecule has 0 heterocycles. The van der Waals surface area contributed by atoms with Gasteiger partial charge in [-0.15, -0.1) is 0 Å². The van der Waals surface area contributed by atoms with Crippen LogP contribution in [0.25, 0.3) is 0 Å². The van der Waals surface area contributed by atoms with Gasteiger partial charge in [-0.1, -0.05) is 12.1 Å². The fourth-order valence-electron chi connectivity index (χ4n) is 2.39. The predicted molar refractivity (Wildman–Crippen MR) is 98.7 cm³/mol. The van der Waals surface area contributed by atoms with Gasteiger partial charge in [-0.2, -0.15) is 0 Å². The summed E-state index contributed by atoms with van der Waals surface area (Å²) in [7, 11) is -3.38. The van der Waals surface area contributed by atoms with Crippen molar-refractivity contribution in [2.45, 2.75) is 13.8 Å². The van der Waals surface area contributed by atoms with Gasteiger partial charge in [0.05, 0.1) is 12.8 Å². The Hall–Kier alpha value is -2.54. The van der Waals surface area contributed by atoms with E-state index in [4.69, 9.17) is 4.74 Å². The molecule has 0 bridgehead atoms. The molecule has 0 fully saturated rings. The van der Waals surface area contributed by atoms with Crippen LogP contribution in [0.15, 0.2) is 42.5 Å². The molecule has 2 aromatic rings. The Morgan fingerprint density at radius 3 is 2.40 bits per heavy atom. The number of aryl methyl sites for hydroxylation is 2. The summed E-state index contributed by atoms with van der Waals surface area (Å²) >= 11 is 0. The van der Waals surface area contributed by atoms with Crippen LogP contribution in [0.4, 0.5) is 5.69 Å². The Labute approximate surface area is 148 Å². The number of hydrogen-bond acceptors (Lipinski definition) is 4. The van der Waals surface area contributed by atoms with Crippen molar-refractivity contribution in [1.82, 2.24) is 5.32 Å². The van der Waals surface area contributed by atoms with Crippen molar-refractivity contribution in [2.75, 3.05) is 24.1 Å². The summed E-state index contributed by atoms with van der Waals surface area (Å²) in [5, 5.41) is 2.75. The predicted octanol–water partition coefficient (Wildman–Crippen LogP) is 2.48. The van der Waals surface area contributed by atoms with Crippen molar-refractivity contribution in [3.05, 3.63) is 59.2 Å². The molecule has 0 aliphatic rings. The second kappa shape index (κ2) is 8.02. The Bertz CT molecular complexity index is 843. The number of hydrogen-bond donors (Lipinski definition) is 2. The Morgan fingerprint density at radius 1 is 1.08 bits per heavy atom. The number of nitrogens with one attached hydrogen (secondary N) is 2. The number of ether oxygens (including phenoxy) is 1. The van der Waals surface area contributed by atoms with Crippen LogP contribution in [-0.4, -0.2) is 33.7 Å². The SMILES string of the molecule is Cc1cc(C)cc(OCCNC(=O)c2cccc(NS(C)(=O)=O)c2)c1. The second-order valence-corrected chi connectivity index (χ2v) is 7.63. The Morgan fingerprint density at radius 2 is 1.76 bits per heavy atom. The number of carbonyl (C=O) groups excluding carboxylic acids is 1. The van der Waals surface area contributed by atoms with Gasteiger partial charge in [-0.3, -0.25) is 9.52 Å². The molecule has 0 radical (unpaired) electrons. The molecule has 0 unspecified atom stereocenters. The molecule has 7 heteroatoms. The van der Waals surface area contributed by atoms with Crippen molar-refractivity contribution >= 4 is 21.6 Å². The van der Waals surface area contributed by atoms with Crippen LogP contribution < -0.4 is 14.8 Å². The molecule has 2 aromatic carbocycles. The van der Waals surface area contributed by atoms with Gasteiger partial charge in [0.25, 0.3) is 5.91 Å². The first-order valence-electron chi connectivity index (χ1n) is 7.80. The van der Waals surface area contributed by atoms with Gasteiger partial charge in [-0.25, -0.2) is 8.42 Å². The zero-order valence-electron chi connectivity index (χ0n) is 14.5. The highest BCUT2D eigenvalue weighted by atomic mass is 32.2. The van der Waals surface area contributed by atoms with E-state index in [0.29, 0.717) is 24.4 Å². The molecule has 25 heavy (non-hydrogen) atoms. The van der Waals surface area contributed by atoms with Crippen LogP contribution in [-0.2, 0) is 10.0 Å². The minimum absolute atomic E-state index is 0.291. The van der Waals surface area contributed by atoms with Crippen LogP contribution in [0.5, 0.6) is 5.75 Å². The standard InChI is InChI=1S/C18H22N2O4S/c1-13-9-14(2)11-17(10-13)24-8-7-19-18(21)15-5-4-6-16(12-15)20-25(3,22)23/h4-6,9-12,20H,7-8H2,1-3H3,(H,19,21). The smallest absolute Gasteiger partial charge is 0.251 e. The van der Waals surface area contributed by atoms with Crippen LogP contribution >= 0.6 is 0 Å². The molecular formula is C18H22N2O4S. The molecule has 0 aliphatic heterocycles. The van der Waals surface area contributed by atoms with Crippen molar-refractivity contribution in [3.8, 4) is 5.75 Å². The molecule has 2 rings (SSSR count). The van der Waals surface area contributed by atoms with E-state index in [-0.39, 0.29) is 5.91 Å². The summed E-state index contributed by atoms with van der Waals surface area (Å²) in [6.45, 7) is 4.68. The number of carbonyl (C=O) groups is 1. The third-order valence-corrected chi connectivity index (χ3v) is 3.89. The van der Waals surface area contributed by atoms with E-state index < -0.39 is 10.0 Å². The highest BCUT2D eigenvalue weighted by Gasteiger charge is 2.08. The second-order valence-electron chi connectivity index (χ2n) is 5.88. The van der Waals surface area contributed by atoms with Gasteiger partial charge in [-0.05, 0) is 55.3 Å². The first-order valence-corrected chi connectivity index (χ1v) is 9.69. The quantitative estimate of drug-likeness (QED) is 0.741. The minimum atomic E-state index is -3.38. The topological polar surface area (TPSA) is 84.5 Å². The van der Waals surface area contributed by atoms with E-state index in [1.54, 1.807) is 18.2 Å². The first kappa shape index (κ1) is 18.8. The molecule has 0 saturated carbocycles.